The van der Waals surface area contributed by atoms with Crippen LogP contribution in [0, 0.1) is 0 Å². The zero-order valence-corrected chi connectivity index (χ0v) is 26.7. The number of fused-ring (bicyclic) bond motifs is 1. The van der Waals surface area contributed by atoms with Crippen molar-refractivity contribution in [3.05, 3.63) is 47.5 Å². The van der Waals surface area contributed by atoms with Crippen molar-refractivity contribution in [1.82, 2.24) is 19.7 Å². The first-order chi connectivity index (χ1) is 20.9. The molecule has 0 spiro atoms. The van der Waals surface area contributed by atoms with E-state index in [1.54, 1.807) is 14.2 Å². The number of methoxy groups -OCH3 is 2. The minimum atomic E-state index is 0.317. The van der Waals surface area contributed by atoms with Gasteiger partial charge in [-0.05, 0) is 105 Å². The number of H-pyrrole nitrogens is 1. The van der Waals surface area contributed by atoms with Crippen LogP contribution in [0.25, 0.3) is 22.2 Å². The monoisotopic (exact) mass is 586 g/mol. The van der Waals surface area contributed by atoms with E-state index in [1.165, 1.54) is 61.7 Å². The first-order valence-electron chi connectivity index (χ1n) is 16.6. The molecule has 0 bridgehead atoms. The van der Waals surface area contributed by atoms with Gasteiger partial charge in [0, 0.05) is 48.7 Å². The van der Waals surface area contributed by atoms with Gasteiger partial charge in [0.15, 0.2) is 11.5 Å². The Bertz CT molecular complexity index is 1390. The van der Waals surface area contributed by atoms with Crippen LogP contribution in [-0.4, -0.2) is 91.7 Å². The maximum Gasteiger partial charge on any atom is 0.236 e. The molecule has 0 unspecified atom stereocenters. The Morgan fingerprint density at radius 1 is 0.860 bits per heavy atom. The van der Waals surface area contributed by atoms with E-state index in [0.29, 0.717) is 24.3 Å². The summed E-state index contributed by atoms with van der Waals surface area (Å²) in [5, 5.41) is 1.30. The number of benzene rings is 2. The molecule has 7 heteroatoms. The number of hydrogen-bond donors (Lipinski definition) is 1. The first kappa shape index (κ1) is 30.0. The van der Waals surface area contributed by atoms with E-state index >= 15 is 0 Å². The molecule has 6 rings (SSSR count). The molecule has 1 aromatic heterocycles. The summed E-state index contributed by atoms with van der Waals surface area (Å²) in [6.45, 7) is 11.5. The van der Waals surface area contributed by atoms with Crippen molar-refractivity contribution in [2.75, 3.05) is 60.0 Å². The van der Waals surface area contributed by atoms with E-state index in [4.69, 9.17) is 9.47 Å². The number of aromatic amines is 1. The third-order valence-electron chi connectivity index (χ3n) is 10.3. The molecular formula is C36H50N4O3. The highest BCUT2D eigenvalue weighted by atomic mass is 16.5. The second kappa shape index (κ2) is 13.3. The Morgan fingerprint density at radius 3 is 2.26 bits per heavy atom. The predicted molar refractivity (Wildman–Crippen MR) is 174 cm³/mol. The highest BCUT2D eigenvalue weighted by Crippen LogP contribution is 2.40. The molecule has 0 aliphatic carbocycles. The number of ether oxygens (including phenoxy) is 2. The van der Waals surface area contributed by atoms with Crippen molar-refractivity contribution in [2.45, 2.75) is 76.7 Å². The summed E-state index contributed by atoms with van der Waals surface area (Å²) in [6, 6.07) is 13.8. The standard InChI is InChI=1S/C36H50N4O3/c1-25(2)35-30-22-27(8-10-31(30)37-36(35)28-9-11-32(42-3)33(23-28)43-4)26-12-20-40(21-13-26)34(41)24-38-18-14-29(15-19-38)39-16-6-5-7-17-39/h8-11,22-23,25-26,29,37H,5-7,12-21,24H2,1-4H3. The van der Waals surface area contributed by atoms with Gasteiger partial charge in [-0.25, -0.2) is 0 Å². The molecule has 232 valence electrons. The number of aromatic nitrogens is 1. The maximum atomic E-state index is 13.3. The Balaban J connectivity index is 1.09. The largest absolute Gasteiger partial charge is 0.493 e. The molecule has 43 heavy (non-hydrogen) atoms. The van der Waals surface area contributed by atoms with E-state index < -0.39 is 0 Å². The van der Waals surface area contributed by atoms with Gasteiger partial charge in [0.1, 0.15) is 0 Å². The number of nitrogens with zero attached hydrogens (tertiary/aromatic N) is 3. The average molecular weight is 587 g/mol. The number of nitrogens with one attached hydrogen (secondary N) is 1. The molecule has 1 N–H and O–H groups in total. The van der Waals surface area contributed by atoms with Crippen LogP contribution in [0.1, 0.15) is 81.8 Å². The SMILES string of the molecule is COc1ccc(-c2[nH]c3ccc(C4CCN(C(=O)CN5CCC(N6CCCCC6)CC5)CC4)cc3c2C(C)C)cc1OC. The Kier molecular flexibility index (Phi) is 9.29. The van der Waals surface area contributed by atoms with Crippen molar-refractivity contribution < 1.29 is 14.3 Å². The van der Waals surface area contributed by atoms with E-state index in [1.807, 2.05) is 6.07 Å². The lowest BCUT2D eigenvalue weighted by atomic mass is 9.87. The van der Waals surface area contributed by atoms with Gasteiger partial charge in [-0.1, -0.05) is 26.3 Å². The molecule has 3 aliphatic heterocycles. The summed E-state index contributed by atoms with van der Waals surface area (Å²) in [5.74, 6) is 2.62. The second-order valence-electron chi connectivity index (χ2n) is 13.2. The molecule has 3 aliphatic rings. The topological polar surface area (TPSA) is 61.0 Å². The molecule has 3 saturated heterocycles. The normalized spacial score (nSPS) is 19.8. The lowest BCUT2D eigenvalue weighted by Gasteiger charge is -2.40. The fourth-order valence-electron chi connectivity index (χ4n) is 7.78. The minimum absolute atomic E-state index is 0.317. The van der Waals surface area contributed by atoms with Gasteiger partial charge in [0.25, 0.3) is 0 Å². The van der Waals surface area contributed by atoms with Crippen molar-refractivity contribution in [3.8, 4) is 22.8 Å². The van der Waals surface area contributed by atoms with E-state index in [9.17, 15) is 4.79 Å². The van der Waals surface area contributed by atoms with E-state index in [2.05, 4.69) is 63.9 Å². The zero-order valence-electron chi connectivity index (χ0n) is 26.7. The second-order valence-corrected chi connectivity index (χ2v) is 13.2. The summed E-state index contributed by atoms with van der Waals surface area (Å²) in [4.78, 5) is 24.2. The third-order valence-corrected chi connectivity index (χ3v) is 10.3. The van der Waals surface area contributed by atoms with Crippen molar-refractivity contribution in [1.29, 1.82) is 0 Å². The van der Waals surface area contributed by atoms with E-state index in [0.717, 1.165) is 73.3 Å². The highest BCUT2D eigenvalue weighted by molar-refractivity contribution is 5.92. The van der Waals surface area contributed by atoms with Gasteiger partial charge in [0.05, 0.1) is 26.5 Å². The molecule has 3 fully saturated rings. The number of carbonyl (C=O) groups is 1. The van der Waals surface area contributed by atoms with Crippen LogP contribution in [0.3, 0.4) is 0 Å². The third kappa shape index (κ3) is 6.44. The highest BCUT2D eigenvalue weighted by Gasteiger charge is 2.29. The molecule has 7 nitrogen and oxygen atoms in total. The lowest BCUT2D eigenvalue weighted by Crippen LogP contribution is -2.50. The fourth-order valence-corrected chi connectivity index (χ4v) is 7.78. The van der Waals surface area contributed by atoms with Crippen LogP contribution in [0.15, 0.2) is 36.4 Å². The Labute approximate surface area is 257 Å². The van der Waals surface area contributed by atoms with Crippen LogP contribution in [0.2, 0.25) is 0 Å². The molecular weight excluding hydrogens is 536 g/mol. The first-order valence-corrected chi connectivity index (χ1v) is 16.6. The molecule has 4 heterocycles. The minimum Gasteiger partial charge on any atom is -0.493 e. The van der Waals surface area contributed by atoms with Crippen molar-refractivity contribution in [3.63, 3.8) is 0 Å². The van der Waals surface area contributed by atoms with Gasteiger partial charge in [-0.2, -0.15) is 0 Å². The quantitative estimate of drug-likeness (QED) is 0.321. The number of rotatable bonds is 8. The number of hydrogen-bond acceptors (Lipinski definition) is 5. The van der Waals surface area contributed by atoms with Crippen molar-refractivity contribution in [2.24, 2.45) is 0 Å². The van der Waals surface area contributed by atoms with Gasteiger partial charge in [0.2, 0.25) is 5.91 Å². The predicted octanol–water partition coefficient (Wildman–Crippen LogP) is 6.63. The average Bonchev–Trinajstić information content (AvgIpc) is 3.44. The van der Waals surface area contributed by atoms with Crippen LogP contribution in [-0.2, 0) is 4.79 Å². The maximum absolute atomic E-state index is 13.3. The van der Waals surface area contributed by atoms with Gasteiger partial charge in [-0.3, -0.25) is 9.69 Å². The van der Waals surface area contributed by atoms with Gasteiger partial charge >= 0.3 is 0 Å². The lowest BCUT2D eigenvalue weighted by molar-refractivity contribution is -0.133. The molecule has 0 atom stereocenters. The van der Waals surface area contributed by atoms with Crippen molar-refractivity contribution >= 4 is 16.8 Å². The van der Waals surface area contributed by atoms with Crippen LogP contribution in [0.4, 0.5) is 0 Å². The zero-order chi connectivity index (χ0) is 29.9. The van der Waals surface area contributed by atoms with E-state index in [-0.39, 0.29) is 0 Å². The molecule has 0 radical (unpaired) electrons. The Morgan fingerprint density at radius 2 is 1.58 bits per heavy atom. The number of carbonyl (C=O) groups excluding carboxylic acids is 1. The van der Waals surface area contributed by atoms with Crippen LogP contribution >= 0.6 is 0 Å². The van der Waals surface area contributed by atoms with Crippen LogP contribution < -0.4 is 9.47 Å². The van der Waals surface area contributed by atoms with Gasteiger partial charge < -0.3 is 24.3 Å². The summed E-state index contributed by atoms with van der Waals surface area (Å²) >= 11 is 0. The summed E-state index contributed by atoms with van der Waals surface area (Å²) in [7, 11) is 3.35. The van der Waals surface area contributed by atoms with Gasteiger partial charge in [-0.15, -0.1) is 0 Å². The Hall–Kier alpha value is -3.03. The molecule has 0 saturated carbocycles. The number of amides is 1. The molecule has 1 amide bonds. The molecule has 3 aromatic rings. The number of likely N-dealkylation sites (tertiary alicyclic amines) is 3. The van der Waals surface area contributed by atoms with Crippen LogP contribution in [0.5, 0.6) is 11.5 Å². The number of piperidine rings is 3. The summed E-state index contributed by atoms with van der Waals surface area (Å²) in [6.07, 6.45) is 8.57. The molecule has 2 aromatic carbocycles. The fraction of sp³-hybridized carbons (Fsp3) is 0.583. The smallest absolute Gasteiger partial charge is 0.236 e. The summed E-state index contributed by atoms with van der Waals surface area (Å²) in [5.41, 5.74) is 6.12. The summed E-state index contributed by atoms with van der Waals surface area (Å²) < 4.78 is 11.1.